The summed E-state index contributed by atoms with van der Waals surface area (Å²) >= 11 is 0. The Balaban J connectivity index is 0.00000153. The molecule has 9 heteroatoms. The van der Waals surface area contributed by atoms with Crippen molar-refractivity contribution in [2.45, 2.75) is 30.7 Å². The van der Waals surface area contributed by atoms with E-state index in [-0.39, 0.29) is 30.9 Å². The number of hydrogen-bond acceptors (Lipinski definition) is 5. The minimum absolute atomic E-state index is 0. The van der Waals surface area contributed by atoms with Crippen LogP contribution in [0, 0.1) is 0 Å². The minimum atomic E-state index is -3.45. The Morgan fingerprint density at radius 1 is 0.970 bits per heavy atom. The number of pyridine rings is 1. The van der Waals surface area contributed by atoms with Crippen LogP contribution < -0.4 is 9.62 Å². The van der Waals surface area contributed by atoms with E-state index in [9.17, 15) is 8.42 Å². The Morgan fingerprint density at radius 3 is 2.27 bits per heavy atom. The highest BCUT2D eigenvalue weighted by atomic mass is 35.5. The predicted molar refractivity (Wildman–Crippen MR) is 139 cm³/mol. The summed E-state index contributed by atoms with van der Waals surface area (Å²) < 4.78 is 27.7. The maximum atomic E-state index is 12.5. The van der Waals surface area contributed by atoms with E-state index >= 15 is 0 Å². The highest BCUT2D eigenvalue weighted by Crippen LogP contribution is 2.31. The lowest BCUT2D eigenvalue weighted by atomic mass is 10.1. The fourth-order valence-corrected chi connectivity index (χ4v) is 5.44. The van der Waals surface area contributed by atoms with Crippen molar-refractivity contribution >= 4 is 51.4 Å². The highest BCUT2D eigenvalue weighted by Gasteiger charge is 2.28. The number of likely N-dealkylation sites (N-methyl/N-ethyl adjacent to an activating group) is 1. The summed E-state index contributed by atoms with van der Waals surface area (Å²) in [7, 11) is -3.45. The number of halogens is 2. The number of benzene rings is 2. The molecule has 1 saturated carbocycles. The zero-order chi connectivity index (χ0) is 21.4. The second-order valence-corrected chi connectivity index (χ2v) is 10.1. The van der Waals surface area contributed by atoms with Gasteiger partial charge in [0.25, 0.3) is 0 Å². The van der Waals surface area contributed by atoms with Gasteiger partial charge < -0.3 is 9.80 Å². The maximum Gasteiger partial charge on any atom is 0.240 e. The number of anilines is 1. The Morgan fingerprint density at radius 2 is 1.64 bits per heavy atom. The number of sulfonamides is 1. The first-order valence-corrected chi connectivity index (χ1v) is 12.5. The van der Waals surface area contributed by atoms with Crippen molar-refractivity contribution in [3.63, 3.8) is 0 Å². The van der Waals surface area contributed by atoms with Crippen molar-refractivity contribution in [1.82, 2.24) is 14.6 Å². The molecule has 2 aromatic carbocycles. The van der Waals surface area contributed by atoms with E-state index < -0.39 is 10.0 Å². The molecule has 33 heavy (non-hydrogen) atoms. The third-order valence-electron chi connectivity index (χ3n) is 6.20. The standard InChI is InChI=1S/C24H28N4O2S.2ClH/c1-2-27-13-15-28(16-14-27)24-22-6-4-3-5-19(22)17-23(25-24)18-7-11-21(12-8-18)31(29,30)26-20-9-10-20;;/h3-8,11-12,17,20,26H,2,9-10,13-16H2,1H3;2*1H. The summed E-state index contributed by atoms with van der Waals surface area (Å²) in [5.74, 6) is 1.01. The molecule has 1 saturated heterocycles. The van der Waals surface area contributed by atoms with Gasteiger partial charge in [0, 0.05) is 43.2 Å². The van der Waals surface area contributed by atoms with Crippen molar-refractivity contribution in [2.24, 2.45) is 0 Å². The fourth-order valence-electron chi connectivity index (χ4n) is 4.14. The number of aromatic nitrogens is 1. The van der Waals surface area contributed by atoms with Crippen molar-refractivity contribution in [2.75, 3.05) is 37.6 Å². The number of nitrogens with one attached hydrogen (secondary N) is 1. The molecule has 2 fully saturated rings. The van der Waals surface area contributed by atoms with Gasteiger partial charge in [-0.15, -0.1) is 24.8 Å². The van der Waals surface area contributed by atoms with Crippen LogP contribution in [0.4, 0.5) is 5.82 Å². The zero-order valence-corrected chi connectivity index (χ0v) is 21.1. The summed E-state index contributed by atoms with van der Waals surface area (Å²) in [6.45, 7) is 7.27. The average Bonchev–Trinajstić information content (AvgIpc) is 3.62. The monoisotopic (exact) mass is 508 g/mol. The molecule has 2 aliphatic rings. The molecular formula is C24H30Cl2N4O2S. The number of rotatable bonds is 6. The van der Waals surface area contributed by atoms with Crippen molar-refractivity contribution < 1.29 is 8.42 Å². The van der Waals surface area contributed by atoms with Crippen LogP contribution in [0.5, 0.6) is 0 Å². The van der Waals surface area contributed by atoms with Crippen LogP contribution in [-0.2, 0) is 10.0 Å². The van der Waals surface area contributed by atoms with Crippen LogP contribution in [-0.4, -0.2) is 57.1 Å². The Hall–Kier alpha value is -1.90. The first kappa shape index (κ1) is 25.7. The molecule has 178 valence electrons. The summed E-state index contributed by atoms with van der Waals surface area (Å²) in [4.78, 5) is 10.2. The van der Waals surface area contributed by atoms with Gasteiger partial charge in [0.1, 0.15) is 5.82 Å². The van der Waals surface area contributed by atoms with E-state index in [1.807, 2.05) is 18.2 Å². The topological polar surface area (TPSA) is 65.5 Å². The second-order valence-electron chi connectivity index (χ2n) is 8.39. The van der Waals surface area contributed by atoms with E-state index in [0.717, 1.165) is 73.4 Å². The molecule has 3 aromatic rings. The largest absolute Gasteiger partial charge is 0.354 e. The molecule has 2 heterocycles. The normalized spacial score (nSPS) is 16.8. The molecule has 0 radical (unpaired) electrons. The molecule has 1 aliphatic carbocycles. The van der Waals surface area contributed by atoms with Gasteiger partial charge in [0.15, 0.2) is 0 Å². The molecular weight excluding hydrogens is 479 g/mol. The summed E-state index contributed by atoms with van der Waals surface area (Å²) in [6.07, 6.45) is 1.85. The van der Waals surface area contributed by atoms with Crippen LogP contribution in [0.25, 0.3) is 22.0 Å². The van der Waals surface area contributed by atoms with E-state index in [2.05, 4.69) is 45.7 Å². The smallest absolute Gasteiger partial charge is 0.240 e. The lowest BCUT2D eigenvalue weighted by molar-refractivity contribution is 0.271. The Bertz CT molecular complexity index is 1190. The zero-order valence-electron chi connectivity index (χ0n) is 18.6. The molecule has 0 spiro atoms. The molecule has 1 aliphatic heterocycles. The molecule has 0 unspecified atom stereocenters. The number of nitrogens with zero attached hydrogens (tertiary/aromatic N) is 3. The second kappa shape index (κ2) is 10.6. The predicted octanol–water partition coefficient (Wildman–Crippen LogP) is 4.33. The van der Waals surface area contributed by atoms with E-state index in [0.29, 0.717) is 4.90 Å². The van der Waals surface area contributed by atoms with E-state index in [1.54, 1.807) is 12.1 Å². The summed E-state index contributed by atoms with van der Waals surface area (Å²) in [5, 5.41) is 2.30. The van der Waals surface area contributed by atoms with Gasteiger partial charge in [-0.05, 0) is 43.0 Å². The first-order valence-electron chi connectivity index (χ1n) is 11.0. The van der Waals surface area contributed by atoms with Crippen LogP contribution >= 0.6 is 24.8 Å². The van der Waals surface area contributed by atoms with Crippen molar-refractivity contribution in [3.8, 4) is 11.3 Å². The molecule has 6 nitrogen and oxygen atoms in total. The van der Waals surface area contributed by atoms with Gasteiger partial charge in [0.2, 0.25) is 10.0 Å². The molecule has 0 amide bonds. The number of piperazine rings is 1. The van der Waals surface area contributed by atoms with Gasteiger partial charge in [-0.1, -0.05) is 43.3 Å². The maximum absolute atomic E-state index is 12.5. The highest BCUT2D eigenvalue weighted by molar-refractivity contribution is 7.89. The Kier molecular flexibility index (Phi) is 8.24. The third kappa shape index (κ3) is 5.61. The SMILES string of the molecule is CCN1CCN(c2nc(-c3ccc(S(=O)(=O)NC4CC4)cc3)cc3ccccc23)CC1.Cl.Cl. The molecule has 0 bridgehead atoms. The van der Waals surface area contributed by atoms with Crippen LogP contribution in [0.15, 0.2) is 59.5 Å². The minimum Gasteiger partial charge on any atom is -0.354 e. The molecule has 1 N–H and O–H groups in total. The molecule has 5 rings (SSSR count). The van der Waals surface area contributed by atoms with Crippen LogP contribution in [0.3, 0.4) is 0 Å². The van der Waals surface area contributed by atoms with E-state index in [1.165, 1.54) is 0 Å². The lowest BCUT2D eigenvalue weighted by Gasteiger charge is -2.35. The summed E-state index contributed by atoms with van der Waals surface area (Å²) in [6, 6.07) is 17.6. The third-order valence-corrected chi connectivity index (χ3v) is 7.74. The Labute approximate surface area is 208 Å². The van der Waals surface area contributed by atoms with Crippen LogP contribution in [0.1, 0.15) is 19.8 Å². The van der Waals surface area contributed by atoms with E-state index in [4.69, 9.17) is 4.98 Å². The average molecular weight is 510 g/mol. The van der Waals surface area contributed by atoms with Gasteiger partial charge in [-0.3, -0.25) is 0 Å². The van der Waals surface area contributed by atoms with Gasteiger partial charge >= 0.3 is 0 Å². The molecule has 1 aromatic heterocycles. The van der Waals surface area contributed by atoms with Crippen LogP contribution in [0.2, 0.25) is 0 Å². The fraction of sp³-hybridized carbons (Fsp3) is 0.375. The van der Waals surface area contributed by atoms with Gasteiger partial charge in [-0.2, -0.15) is 0 Å². The quantitative estimate of drug-likeness (QED) is 0.536. The van der Waals surface area contributed by atoms with Gasteiger partial charge in [-0.25, -0.2) is 18.1 Å². The lowest BCUT2D eigenvalue weighted by Crippen LogP contribution is -2.46. The number of fused-ring (bicyclic) bond motifs is 1. The molecule has 0 atom stereocenters. The van der Waals surface area contributed by atoms with Crippen molar-refractivity contribution in [1.29, 1.82) is 0 Å². The number of hydrogen-bond donors (Lipinski definition) is 1. The first-order chi connectivity index (χ1) is 15.0. The summed E-state index contributed by atoms with van der Waals surface area (Å²) in [5.41, 5.74) is 1.79. The van der Waals surface area contributed by atoms with Gasteiger partial charge in [0.05, 0.1) is 10.6 Å². The van der Waals surface area contributed by atoms with Crippen molar-refractivity contribution in [3.05, 3.63) is 54.6 Å².